The second kappa shape index (κ2) is 15.5. The van der Waals surface area contributed by atoms with E-state index in [4.69, 9.17) is 24.1 Å². The molecule has 2 heterocycles. The van der Waals surface area contributed by atoms with Crippen molar-refractivity contribution in [1.29, 1.82) is 0 Å². The summed E-state index contributed by atoms with van der Waals surface area (Å²) in [6.07, 6.45) is 3.81. The molecule has 5 nitrogen and oxygen atoms in total. The summed E-state index contributed by atoms with van der Waals surface area (Å²) < 4.78 is 7.17. The molecule has 3 fully saturated rings. The van der Waals surface area contributed by atoms with Crippen LogP contribution < -0.4 is 9.64 Å². The zero-order valence-electron chi connectivity index (χ0n) is 29.2. The van der Waals surface area contributed by atoms with Gasteiger partial charge in [0.2, 0.25) is 0 Å². The van der Waals surface area contributed by atoms with Crippen molar-refractivity contribution < 1.29 is 23.2 Å². The number of rotatable bonds is 9. The maximum atomic E-state index is 10.7. The van der Waals surface area contributed by atoms with Crippen molar-refractivity contribution in [3.05, 3.63) is 106 Å². The molecule has 0 spiro atoms. The molecule has 0 radical (unpaired) electrons. The van der Waals surface area contributed by atoms with E-state index in [9.17, 15) is 10.1 Å². The van der Waals surface area contributed by atoms with Gasteiger partial charge in [0.05, 0.1) is 0 Å². The van der Waals surface area contributed by atoms with Gasteiger partial charge in [0, 0.05) is 11.2 Å². The van der Waals surface area contributed by atoms with Crippen LogP contribution in [-0.4, -0.2) is 21.2 Å². The maximum Gasteiger partial charge on any atom is 0.0145 e. The standard InChI is InChI=1S/C29H40N.C10H11NO3.2ClH.Ru/c1-20(2)25-14-11-15-26(21(3)4)27(25)30-19-29(17-16-28(30,7)18-22(29)5)23(6)24-12-9-8-10-13-24;1-7(2)14-10-5-4-9(11(12)13)6-8(10)3;;;/h8-15,19-23H,16-18H2,1-7H3;3-7H,1-2H3;2*1H;/q-1;;;;+2/p-2/t22-,23?,28-,29+;;;;/m1..../s1. The molecule has 1 unspecified atom stereocenters. The van der Waals surface area contributed by atoms with Gasteiger partial charge in [-0.05, 0) is 54.2 Å². The Labute approximate surface area is 295 Å². The fourth-order valence-electron chi connectivity index (χ4n) is 7.60. The minimum Gasteiger partial charge on any atom is -0.517 e. The van der Waals surface area contributed by atoms with Gasteiger partial charge in [0.15, 0.2) is 0 Å². The summed E-state index contributed by atoms with van der Waals surface area (Å²) in [5.74, 6) is 2.82. The fraction of sp³-hybridized carbons (Fsp3) is 0.487. The fourth-order valence-corrected chi connectivity index (χ4v) is 9.38. The van der Waals surface area contributed by atoms with Crippen LogP contribution in [0.2, 0.25) is 0 Å². The number of benzene rings is 3. The van der Waals surface area contributed by atoms with Crippen molar-refractivity contribution in [3.63, 3.8) is 0 Å². The Morgan fingerprint density at radius 2 is 1.57 bits per heavy atom. The van der Waals surface area contributed by atoms with Crippen LogP contribution in [0.1, 0.15) is 122 Å². The summed E-state index contributed by atoms with van der Waals surface area (Å²) in [6.45, 7) is 23.3. The molecule has 6 rings (SSSR count). The zero-order chi connectivity index (χ0) is 34.7. The Balaban J connectivity index is 0.000000251. The third-order valence-electron chi connectivity index (χ3n) is 10.2. The molecule has 3 aromatic rings. The summed E-state index contributed by atoms with van der Waals surface area (Å²) >= 11 is -2.05. The van der Waals surface area contributed by atoms with Gasteiger partial charge in [0.25, 0.3) is 0 Å². The molecule has 1 saturated carbocycles. The van der Waals surface area contributed by atoms with E-state index in [-0.39, 0.29) is 22.7 Å². The first-order valence-corrected chi connectivity index (χ1v) is 22.2. The van der Waals surface area contributed by atoms with Crippen molar-refractivity contribution in [1.82, 2.24) is 0 Å². The van der Waals surface area contributed by atoms with Crippen LogP contribution in [-0.2, 0) is 13.5 Å². The molecule has 258 valence electrons. The number of nitrogens with zero attached hydrogens (tertiary/aromatic N) is 2. The third kappa shape index (κ3) is 8.31. The molecule has 3 aromatic carbocycles. The van der Waals surface area contributed by atoms with Crippen molar-refractivity contribution >= 4 is 35.4 Å². The second-order valence-corrected chi connectivity index (χ2v) is 20.1. The molecule has 0 N–H and O–H groups in total. The van der Waals surface area contributed by atoms with E-state index < -0.39 is 18.4 Å². The average Bonchev–Trinajstić information content (AvgIpc) is 3.01. The molecular weight excluding hydrogens is 716 g/mol. The maximum absolute atomic E-state index is 10.7. The number of non-ortho nitro benzene ring substituents is 1. The van der Waals surface area contributed by atoms with Gasteiger partial charge in [0.1, 0.15) is 0 Å². The first-order valence-electron chi connectivity index (χ1n) is 16.7. The third-order valence-corrected chi connectivity index (χ3v) is 12.0. The van der Waals surface area contributed by atoms with E-state index in [1.807, 2.05) is 13.8 Å². The van der Waals surface area contributed by atoms with Crippen LogP contribution >= 0.6 is 19.4 Å². The minimum absolute atomic E-state index is 0.00360. The van der Waals surface area contributed by atoms with Gasteiger partial charge in [-0.3, -0.25) is 0 Å². The first kappa shape index (κ1) is 37.6. The number of nitro groups is 1. The number of anilines is 1. The van der Waals surface area contributed by atoms with Crippen LogP contribution in [0, 0.1) is 28.0 Å². The largest absolute Gasteiger partial charge is 0.517 e. The molecule has 0 aromatic heterocycles. The normalized spacial score (nSPS) is 23.0. The number of halogens is 2. The molecule has 2 saturated heterocycles. The van der Waals surface area contributed by atoms with Crippen LogP contribution in [0.5, 0.6) is 5.75 Å². The van der Waals surface area contributed by atoms with Crippen molar-refractivity contribution in [2.45, 2.75) is 111 Å². The smallest absolute Gasteiger partial charge is 0.0145 e. The summed E-state index contributed by atoms with van der Waals surface area (Å²) in [6, 6.07) is 22.6. The predicted octanol–water partition coefficient (Wildman–Crippen LogP) is 11.7. The van der Waals surface area contributed by atoms with Gasteiger partial charge >= 0.3 is 112 Å². The van der Waals surface area contributed by atoms with Crippen molar-refractivity contribution in [3.8, 4) is 5.75 Å². The Hall–Kier alpha value is -2.27. The van der Waals surface area contributed by atoms with Crippen LogP contribution in [0.25, 0.3) is 0 Å². The number of para-hydroxylation sites is 1. The van der Waals surface area contributed by atoms with Crippen LogP contribution in [0.15, 0.2) is 66.7 Å². The van der Waals surface area contributed by atoms with Gasteiger partial charge in [-0.25, -0.2) is 6.54 Å². The van der Waals surface area contributed by atoms with Crippen LogP contribution in [0.3, 0.4) is 0 Å². The second-order valence-electron chi connectivity index (χ2n) is 14.4. The average molecular weight is 768 g/mol. The van der Waals surface area contributed by atoms with E-state index in [1.165, 1.54) is 53.8 Å². The molecule has 4 atom stereocenters. The zero-order valence-corrected chi connectivity index (χ0v) is 32.5. The van der Waals surface area contributed by atoms with E-state index in [2.05, 4.69) is 108 Å². The molecular formula is C39H51Cl2N2O3Ru-. The number of piperidine rings is 2. The molecule has 2 bridgehead atoms. The van der Waals surface area contributed by atoms with Gasteiger partial charge < -0.3 is 4.90 Å². The monoisotopic (exact) mass is 767 g/mol. The molecule has 2 aliphatic heterocycles. The van der Waals surface area contributed by atoms with Gasteiger partial charge in [-0.15, -0.1) is 5.41 Å². The number of ether oxygens (including phenoxy) is 1. The quantitative estimate of drug-likeness (QED) is 0.0942. The summed E-state index contributed by atoms with van der Waals surface area (Å²) in [5.41, 5.74) is 6.99. The summed E-state index contributed by atoms with van der Waals surface area (Å²) in [7, 11) is 11.6. The topological polar surface area (TPSA) is 55.6 Å². The van der Waals surface area contributed by atoms with Crippen molar-refractivity contribution in [2.75, 3.05) is 4.90 Å². The Morgan fingerprint density at radius 3 is 2.09 bits per heavy atom. The van der Waals surface area contributed by atoms with E-state index in [0.717, 1.165) is 0 Å². The first-order chi connectivity index (χ1) is 22.1. The summed E-state index contributed by atoms with van der Waals surface area (Å²) in [4.78, 5) is 13.0. The SMILES string of the molecule is CC(C)Oc1ccc([N+](=O)[O-])cc1[CH]=[Ru]([Cl])[Cl].CC(C)c1cccc(C(C)C)c1N1[CH-][C@@]2(C(C)c3ccccc3)CC[C@]1(C)C[C@H]2C. The van der Waals surface area contributed by atoms with E-state index in [0.29, 0.717) is 35.0 Å². The number of hydrogen-bond donors (Lipinski definition) is 0. The van der Waals surface area contributed by atoms with Gasteiger partial charge in [-0.2, -0.15) is 0 Å². The predicted molar refractivity (Wildman–Crippen MR) is 196 cm³/mol. The van der Waals surface area contributed by atoms with E-state index >= 15 is 0 Å². The molecule has 47 heavy (non-hydrogen) atoms. The molecule has 1 aliphatic carbocycles. The minimum atomic E-state index is -2.05. The Bertz CT molecular complexity index is 1550. The van der Waals surface area contributed by atoms with E-state index in [1.54, 1.807) is 10.7 Å². The molecule has 8 heteroatoms. The Morgan fingerprint density at radius 1 is 0.957 bits per heavy atom. The Kier molecular flexibility index (Phi) is 12.4. The number of fused-ring (bicyclic) bond motifs is 3. The molecule has 0 amide bonds. The number of hydrogen-bond acceptors (Lipinski definition) is 4. The van der Waals surface area contributed by atoms with Crippen LogP contribution in [0.4, 0.5) is 11.4 Å². The van der Waals surface area contributed by atoms with Crippen molar-refractivity contribution in [2.24, 2.45) is 11.3 Å². The van der Waals surface area contributed by atoms with Gasteiger partial charge in [-0.1, -0.05) is 102 Å². The number of nitro benzene ring substituents is 1. The molecule has 3 aliphatic rings. The summed E-state index contributed by atoms with van der Waals surface area (Å²) in [5, 5.41) is 10.7.